The summed E-state index contributed by atoms with van der Waals surface area (Å²) in [4.78, 5) is 23.0. The minimum absolute atomic E-state index is 0.0293. The third-order valence-electron chi connectivity index (χ3n) is 3.05. The van der Waals surface area contributed by atoms with Crippen molar-refractivity contribution in [1.29, 1.82) is 0 Å². The molecule has 22 heavy (non-hydrogen) atoms. The van der Waals surface area contributed by atoms with E-state index in [-0.39, 0.29) is 12.3 Å². The first kappa shape index (κ1) is 15.5. The van der Waals surface area contributed by atoms with Crippen LogP contribution in [0.1, 0.15) is 15.9 Å². The average Bonchev–Trinajstić information content (AvgIpc) is 2.48. The molecule has 6 heteroatoms. The normalized spacial score (nSPS) is 10.1. The van der Waals surface area contributed by atoms with Crippen molar-refractivity contribution in [3.63, 3.8) is 0 Å². The maximum atomic E-state index is 13.2. The van der Waals surface area contributed by atoms with Crippen molar-refractivity contribution in [1.82, 2.24) is 0 Å². The number of methoxy groups -OCH3 is 1. The Balaban J connectivity index is 2.07. The Morgan fingerprint density at radius 2 is 1.86 bits per heavy atom. The second kappa shape index (κ2) is 6.71. The summed E-state index contributed by atoms with van der Waals surface area (Å²) in [6.45, 7) is 0. The van der Waals surface area contributed by atoms with Gasteiger partial charge in [0, 0.05) is 16.8 Å². The van der Waals surface area contributed by atoms with Crippen LogP contribution >= 0.6 is 0 Å². The fraction of sp³-hybridized carbons (Fsp3) is 0.125. The summed E-state index contributed by atoms with van der Waals surface area (Å²) in [6, 6.07) is 10.2. The summed E-state index contributed by atoms with van der Waals surface area (Å²) in [6.07, 6.45) is -0.0293. The first-order valence-corrected chi connectivity index (χ1v) is 6.51. The van der Waals surface area contributed by atoms with Gasteiger partial charge in [0.25, 0.3) is 0 Å². The largest absolute Gasteiger partial charge is 0.496 e. The van der Waals surface area contributed by atoms with Gasteiger partial charge in [-0.2, -0.15) is 0 Å². The molecule has 0 aliphatic carbocycles. The van der Waals surface area contributed by atoms with Gasteiger partial charge in [0.1, 0.15) is 11.6 Å². The standard InChI is InChI=1S/C16H15FN2O3/c1-22-14-7-4-12(17)8-11(14)9-15(20)19-13-5-2-10(3-6-13)16(18)21/h2-8H,9H2,1H3,(H2,18,21)(H,19,20). The lowest BCUT2D eigenvalue weighted by Gasteiger charge is -2.09. The Hall–Kier alpha value is -2.89. The number of carbonyl (C=O) groups is 2. The lowest BCUT2D eigenvalue weighted by molar-refractivity contribution is -0.115. The molecular weight excluding hydrogens is 287 g/mol. The molecule has 0 atom stereocenters. The summed E-state index contributed by atoms with van der Waals surface area (Å²) in [7, 11) is 1.46. The van der Waals surface area contributed by atoms with E-state index in [0.717, 1.165) is 0 Å². The highest BCUT2D eigenvalue weighted by atomic mass is 19.1. The Bertz CT molecular complexity index is 699. The number of nitrogens with two attached hydrogens (primary N) is 1. The Morgan fingerprint density at radius 1 is 1.18 bits per heavy atom. The highest BCUT2D eigenvalue weighted by molar-refractivity contribution is 5.95. The number of amides is 2. The van der Waals surface area contributed by atoms with Gasteiger partial charge in [-0.25, -0.2) is 4.39 Å². The molecule has 0 spiro atoms. The third kappa shape index (κ3) is 3.82. The molecule has 3 N–H and O–H groups in total. The van der Waals surface area contributed by atoms with Gasteiger partial charge in [-0.05, 0) is 42.5 Å². The quantitative estimate of drug-likeness (QED) is 0.887. The molecule has 2 amide bonds. The van der Waals surface area contributed by atoms with Gasteiger partial charge >= 0.3 is 0 Å². The topological polar surface area (TPSA) is 81.4 Å². The summed E-state index contributed by atoms with van der Waals surface area (Å²) in [5.41, 5.74) is 6.46. The third-order valence-corrected chi connectivity index (χ3v) is 3.05. The number of primary amides is 1. The van der Waals surface area contributed by atoms with E-state index in [1.54, 1.807) is 12.1 Å². The lowest BCUT2D eigenvalue weighted by Crippen LogP contribution is -2.15. The molecule has 0 heterocycles. The van der Waals surface area contributed by atoms with E-state index in [4.69, 9.17) is 10.5 Å². The monoisotopic (exact) mass is 302 g/mol. The molecule has 0 aromatic heterocycles. The van der Waals surface area contributed by atoms with Crippen molar-refractivity contribution >= 4 is 17.5 Å². The number of anilines is 1. The molecule has 0 saturated heterocycles. The van der Waals surface area contributed by atoms with Gasteiger partial charge in [-0.3, -0.25) is 9.59 Å². The molecule has 5 nitrogen and oxygen atoms in total. The molecule has 0 aliphatic rings. The molecule has 0 aliphatic heterocycles. The van der Waals surface area contributed by atoms with E-state index in [1.807, 2.05) is 0 Å². The highest BCUT2D eigenvalue weighted by Gasteiger charge is 2.10. The number of ether oxygens (including phenoxy) is 1. The van der Waals surface area contributed by atoms with E-state index in [0.29, 0.717) is 22.6 Å². The molecule has 0 saturated carbocycles. The van der Waals surface area contributed by atoms with Crippen LogP contribution in [0.2, 0.25) is 0 Å². The SMILES string of the molecule is COc1ccc(F)cc1CC(=O)Nc1ccc(C(N)=O)cc1. The minimum Gasteiger partial charge on any atom is -0.496 e. The fourth-order valence-electron chi connectivity index (χ4n) is 1.98. The van der Waals surface area contributed by atoms with E-state index in [2.05, 4.69) is 5.32 Å². The van der Waals surface area contributed by atoms with Crippen LogP contribution in [0.25, 0.3) is 0 Å². The summed E-state index contributed by atoms with van der Waals surface area (Å²) >= 11 is 0. The zero-order valence-corrected chi connectivity index (χ0v) is 11.9. The van der Waals surface area contributed by atoms with E-state index >= 15 is 0 Å². The van der Waals surface area contributed by atoms with Crippen molar-refractivity contribution in [2.75, 3.05) is 12.4 Å². The number of rotatable bonds is 5. The molecule has 2 aromatic carbocycles. The Labute approximate surface area is 126 Å². The lowest BCUT2D eigenvalue weighted by atomic mass is 10.1. The molecule has 114 valence electrons. The van der Waals surface area contributed by atoms with Gasteiger partial charge in [0.15, 0.2) is 0 Å². The number of hydrogen-bond acceptors (Lipinski definition) is 3. The maximum Gasteiger partial charge on any atom is 0.248 e. The number of carbonyl (C=O) groups excluding carboxylic acids is 2. The predicted octanol–water partition coefficient (Wildman–Crippen LogP) is 2.11. The van der Waals surface area contributed by atoms with Crippen molar-refractivity contribution < 1.29 is 18.7 Å². The molecule has 2 aromatic rings. The van der Waals surface area contributed by atoms with E-state index < -0.39 is 11.7 Å². The second-order valence-corrected chi connectivity index (χ2v) is 4.62. The van der Waals surface area contributed by atoms with Gasteiger partial charge in [-0.1, -0.05) is 0 Å². The molecule has 0 fully saturated rings. The number of hydrogen-bond donors (Lipinski definition) is 2. The molecule has 0 bridgehead atoms. The molecule has 0 radical (unpaired) electrons. The fourth-order valence-corrected chi connectivity index (χ4v) is 1.98. The smallest absolute Gasteiger partial charge is 0.248 e. The van der Waals surface area contributed by atoms with Crippen molar-refractivity contribution in [2.45, 2.75) is 6.42 Å². The van der Waals surface area contributed by atoms with E-state index in [1.165, 1.54) is 37.4 Å². The summed E-state index contributed by atoms with van der Waals surface area (Å²) in [5.74, 6) is -0.854. The van der Waals surface area contributed by atoms with Gasteiger partial charge in [0.2, 0.25) is 11.8 Å². The van der Waals surface area contributed by atoms with Crippen LogP contribution in [0, 0.1) is 5.82 Å². The molecule has 2 rings (SSSR count). The summed E-state index contributed by atoms with van der Waals surface area (Å²) in [5, 5.41) is 2.66. The van der Waals surface area contributed by atoms with Crippen LogP contribution in [-0.2, 0) is 11.2 Å². The minimum atomic E-state index is -0.539. The Kier molecular flexibility index (Phi) is 4.73. The number of halogens is 1. The van der Waals surface area contributed by atoms with Crippen LogP contribution in [0.15, 0.2) is 42.5 Å². The van der Waals surface area contributed by atoms with Crippen LogP contribution in [0.5, 0.6) is 5.75 Å². The van der Waals surface area contributed by atoms with Gasteiger partial charge in [-0.15, -0.1) is 0 Å². The number of nitrogens with one attached hydrogen (secondary N) is 1. The van der Waals surface area contributed by atoms with Gasteiger partial charge in [0.05, 0.1) is 13.5 Å². The summed E-state index contributed by atoms with van der Waals surface area (Å²) < 4.78 is 18.3. The number of benzene rings is 2. The van der Waals surface area contributed by atoms with E-state index in [9.17, 15) is 14.0 Å². The van der Waals surface area contributed by atoms with Crippen LogP contribution < -0.4 is 15.8 Å². The first-order valence-electron chi connectivity index (χ1n) is 6.51. The van der Waals surface area contributed by atoms with Crippen molar-refractivity contribution in [2.24, 2.45) is 5.73 Å². The van der Waals surface area contributed by atoms with Crippen molar-refractivity contribution in [3.8, 4) is 5.75 Å². The maximum absolute atomic E-state index is 13.2. The first-order chi connectivity index (χ1) is 10.5. The zero-order valence-electron chi connectivity index (χ0n) is 11.9. The zero-order chi connectivity index (χ0) is 16.1. The predicted molar refractivity (Wildman–Crippen MR) is 80.2 cm³/mol. The second-order valence-electron chi connectivity index (χ2n) is 4.62. The highest BCUT2D eigenvalue weighted by Crippen LogP contribution is 2.20. The molecular formula is C16H15FN2O3. The van der Waals surface area contributed by atoms with Crippen LogP contribution in [-0.4, -0.2) is 18.9 Å². The van der Waals surface area contributed by atoms with Crippen LogP contribution in [0.4, 0.5) is 10.1 Å². The van der Waals surface area contributed by atoms with Crippen molar-refractivity contribution in [3.05, 3.63) is 59.4 Å². The van der Waals surface area contributed by atoms with Crippen LogP contribution in [0.3, 0.4) is 0 Å². The average molecular weight is 302 g/mol. The van der Waals surface area contributed by atoms with Gasteiger partial charge < -0.3 is 15.8 Å². The molecule has 0 unspecified atom stereocenters. The Morgan fingerprint density at radius 3 is 2.45 bits per heavy atom.